The molecule has 2 atom stereocenters. The van der Waals surface area contributed by atoms with Crippen molar-refractivity contribution in [3.05, 3.63) is 119 Å². The van der Waals surface area contributed by atoms with Gasteiger partial charge in [-0.3, -0.25) is 9.79 Å². The van der Waals surface area contributed by atoms with Crippen molar-refractivity contribution in [3.63, 3.8) is 0 Å². The van der Waals surface area contributed by atoms with Crippen LogP contribution in [0.3, 0.4) is 0 Å². The van der Waals surface area contributed by atoms with E-state index in [1.54, 1.807) is 41.5 Å². The molecule has 0 aromatic heterocycles. The lowest BCUT2D eigenvalue weighted by molar-refractivity contribution is -0.275. The summed E-state index contributed by atoms with van der Waals surface area (Å²) < 4.78 is 201. The first-order valence-electron chi connectivity index (χ1n) is 20.2. The Balaban J connectivity index is 0.000000305. The average molecular weight is 1050 g/mol. The second kappa shape index (κ2) is 21.7. The van der Waals surface area contributed by atoms with Crippen molar-refractivity contribution in [2.75, 3.05) is 6.54 Å². The molecule has 12 nitrogen and oxygen atoms in total. The van der Waals surface area contributed by atoms with E-state index < -0.39 is 103 Å². The van der Waals surface area contributed by atoms with Crippen LogP contribution in [0.15, 0.2) is 107 Å². The molecular formula is C44H45F12N5O7S2. The number of carbonyl (C=O) groups is 1. The summed E-state index contributed by atoms with van der Waals surface area (Å²) in [6, 6.07) is 18.7. The van der Waals surface area contributed by atoms with E-state index in [1.807, 2.05) is 0 Å². The van der Waals surface area contributed by atoms with Crippen molar-refractivity contribution in [3.8, 4) is 23.0 Å². The molecule has 4 aromatic rings. The van der Waals surface area contributed by atoms with E-state index in [1.165, 1.54) is 54.9 Å². The summed E-state index contributed by atoms with van der Waals surface area (Å²) in [5.41, 5.74) is 2.57. The second-order valence-corrected chi connectivity index (χ2v) is 21.0. The summed E-state index contributed by atoms with van der Waals surface area (Å²) in [6.45, 7) is 9.91. The number of primary amides is 1. The number of nitrogens with two attached hydrogens (primary N) is 1. The van der Waals surface area contributed by atoms with Crippen LogP contribution in [0.5, 0.6) is 23.0 Å². The fourth-order valence-electron chi connectivity index (χ4n) is 6.49. The molecule has 0 saturated heterocycles. The molecule has 384 valence electrons. The van der Waals surface area contributed by atoms with Gasteiger partial charge in [0.15, 0.2) is 0 Å². The molecule has 5 rings (SSSR count). The van der Waals surface area contributed by atoms with Gasteiger partial charge in [0, 0.05) is 12.1 Å². The molecule has 1 amide bonds. The second-order valence-electron chi connectivity index (χ2n) is 17.1. The van der Waals surface area contributed by atoms with Gasteiger partial charge < -0.3 is 24.7 Å². The number of hydrogen-bond acceptors (Lipinski definition) is 9. The fraction of sp³-hybridized carbons (Fsp3) is 0.386. The summed E-state index contributed by atoms with van der Waals surface area (Å²) in [7, 11) is -3.79. The van der Waals surface area contributed by atoms with Crippen molar-refractivity contribution >= 4 is 39.9 Å². The first-order valence-corrected chi connectivity index (χ1v) is 22.5. The Hall–Kier alpha value is -5.73. The highest BCUT2D eigenvalue weighted by Crippen LogP contribution is 2.41. The minimum Gasteiger partial charge on any atom is -0.406 e. The fourth-order valence-corrected chi connectivity index (χ4v) is 8.35. The van der Waals surface area contributed by atoms with Crippen molar-refractivity contribution in [1.29, 1.82) is 0 Å². The summed E-state index contributed by atoms with van der Waals surface area (Å²) in [4.78, 5) is 20.3. The van der Waals surface area contributed by atoms with Crippen LogP contribution in [-0.4, -0.2) is 67.9 Å². The van der Waals surface area contributed by atoms with E-state index in [2.05, 4.69) is 38.4 Å². The summed E-state index contributed by atoms with van der Waals surface area (Å²) in [5.74, 6) is -3.41. The normalized spacial score (nSPS) is 14.7. The van der Waals surface area contributed by atoms with Gasteiger partial charge in [-0.2, -0.15) is 0 Å². The molecule has 1 aliphatic heterocycles. The molecule has 0 fully saturated rings. The molecule has 4 aromatic carbocycles. The van der Waals surface area contributed by atoms with Gasteiger partial charge in [0.2, 0.25) is 5.91 Å². The first-order chi connectivity index (χ1) is 32.0. The van der Waals surface area contributed by atoms with Gasteiger partial charge >= 0.3 is 25.4 Å². The standard InChI is InChI=1S/C23H23F6N3O3S.C21H22F6N2O4S/c1-20(2,3)36(33)32-21(12-17-13-30-14-31-17,15-6-4-8-18(10-15)34-22(24,25)26)16-7-5-9-19(11-16)35-23(27,28)29;1-18(2,3)34(31)29-19(12-17(28)30,13-6-4-8-15(10-13)32-20(22,23)24)14-7-5-9-16(11-14)33-21(25,26)27/h4-11,14,32H,12-13H2,1-3H3;4-11,29H,12H2,1-3H3,(H2,28,30)/t36-;34-/m11/s1. The van der Waals surface area contributed by atoms with E-state index in [9.17, 15) is 65.9 Å². The lowest BCUT2D eigenvalue weighted by atomic mass is 9.79. The highest BCUT2D eigenvalue weighted by molar-refractivity contribution is 7.84. The maximum Gasteiger partial charge on any atom is 0.573 e. The number of nitrogens with zero attached hydrogens (tertiary/aromatic N) is 2. The van der Waals surface area contributed by atoms with E-state index in [4.69, 9.17) is 5.73 Å². The molecule has 1 aliphatic rings. The van der Waals surface area contributed by atoms with Crippen LogP contribution < -0.4 is 34.1 Å². The molecule has 0 spiro atoms. The van der Waals surface area contributed by atoms with E-state index in [0.29, 0.717) is 5.71 Å². The third-order valence-electron chi connectivity index (χ3n) is 9.39. The minimum atomic E-state index is -5.03. The Morgan fingerprint density at radius 1 is 0.543 bits per heavy atom. The molecule has 26 heteroatoms. The third kappa shape index (κ3) is 17.0. The molecule has 4 N–H and O–H groups in total. The topological polar surface area (TPSA) is 163 Å². The zero-order valence-corrected chi connectivity index (χ0v) is 39.3. The third-order valence-corrected chi connectivity index (χ3v) is 12.7. The highest BCUT2D eigenvalue weighted by atomic mass is 32.2. The minimum absolute atomic E-state index is 0.0604. The van der Waals surface area contributed by atoms with Crippen LogP contribution in [0.1, 0.15) is 76.6 Å². The Morgan fingerprint density at radius 3 is 1.10 bits per heavy atom. The van der Waals surface area contributed by atoms with Gasteiger partial charge in [0.1, 0.15) is 29.3 Å². The predicted octanol–water partition coefficient (Wildman–Crippen LogP) is 10.3. The van der Waals surface area contributed by atoms with Gasteiger partial charge in [-0.15, -0.1) is 52.7 Å². The number of halogens is 12. The molecule has 0 radical (unpaired) electrons. The Bertz CT molecular complexity index is 2450. The predicted molar refractivity (Wildman–Crippen MR) is 235 cm³/mol. The number of ether oxygens (including phenoxy) is 4. The number of nitrogens with one attached hydrogen (secondary N) is 2. The summed E-state index contributed by atoms with van der Waals surface area (Å²) >= 11 is 0. The van der Waals surface area contributed by atoms with Gasteiger partial charge in [0.05, 0.1) is 55.5 Å². The number of aliphatic imine (C=N–C) groups is 2. The average Bonchev–Trinajstić information content (AvgIpc) is 3.70. The van der Waals surface area contributed by atoms with Crippen LogP contribution >= 0.6 is 0 Å². The number of rotatable bonds is 16. The maximum atomic E-state index is 13.3. The maximum absolute atomic E-state index is 13.3. The number of hydrogen-bond donors (Lipinski definition) is 3. The van der Waals surface area contributed by atoms with E-state index >= 15 is 0 Å². The van der Waals surface area contributed by atoms with Crippen molar-refractivity contribution < 1.29 is 84.8 Å². The van der Waals surface area contributed by atoms with Gasteiger partial charge in [0.25, 0.3) is 0 Å². The molecule has 0 unspecified atom stereocenters. The zero-order chi connectivity index (χ0) is 52.7. The molecular weight excluding hydrogens is 1000 g/mol. The van der Waals surface area contributed by atoms with Crippen LogP contribution in [0.4, 0.5) is 52.7 Å². The Kier molecular flexibility index (Phi) is 17.6. The number of amides is 1. The SMILES string of the molecule is CC(C)(C)[S@@](=O)NC(CC(N)=O)(c1cccc(OC(F)(F)F)c1)c1cccc(OC(F)(F)F)c1.CC(C)(C)[S@@](=O)NC(CC1=NC=NC1)(c1cccc(OC(F)(F)F)c1)c1cccc(OC(F)(F)F)c1. The molecule has 0 bridgehead atoms. The van der Waals surface area contributed by atoms with Gasteiger partial charge in [-0.1, -0.05) is 48.5 Å². The van der Waals surface area contributed by atoms with Crippen LogP contribution in [0.2, 0.25) is 0 Å². The van der Waals surface area contributed by atoms with Crippen molar-refractivity contribution in [1.82, 2.24) is 9.44 Å². The lowest BCUT2D eigenvalue weighted by Crippen LogP contribution is -2.50. The zero-order valence-electron chi connectivity index (χ0n) is 37.6. The summed E-state index contributed by atoms with van der Waals surface area (Å²) in [5, 5.41) is 0. The summed E-state index contributed by atoms with van der Waals surface area (Å²) in [6.07, 6.45) is -19.5. The number of benzene rings is 4. The van der Waals surface area contributed by atoms with Gasteiger partial charge in [-0.25, -0.2) is 22.9 Å². The smallest absolute Gasteiger partial charge is 0.406 e. The molecule has 1 heterocycles. The number of alkyl halides is 12. The van der Waals surface area contributed by atoms with Crippen LogP contribution in [0, 0.1) is 0 Å². The Morgan fingerprint density at radius 2 is 0.843 bits per heavy atom. The molecule has 0 aliphatic carbocycles. The number of carbonyl (C=O) groups excluding carboxylic acids is 1. The lowest BCUT2D eigenvalue weighted by Gasteiger charge is -2.38. The highest BCUT2D eigenvalue weighted by Gasteiger charge is 2.44. The van der Waals surface area contributed by atoms with Crippen molar-refractivity contribution in [2.45, 2.75) is 100 Å². The van der Waals surface area contributed by atoms with E-state index in [-0.39, 0.29) is 35.2 Å². The Labute approximate surface area is 398 Å². The van der Waals surface area contributed by atoms with Crippen LogP contribution in [0.25, 0.3) is 0 Å². The monoisotopic (exact) mass is 1050 g/mol. The van der Waals surface area contributed by atoms with Crippen LogP contribution in [-0.2, 0) is 37.8 Å². The van der Waals surface area contributed by atoms with Crippen molar-refractivity contribution in [2.24, 2.45) is 15.7 Å². The molecule has 70 heavy (non-hydrogen) atoms. The molecule has 0 saturated carbocycles. The quantitative estimate of drug-likeness (QED) is 0.0941. The first kappa shape index (κ1) is 56.9. The van der Waals surface area contributed by atoms with E-state index in [0.717, 1.165) is 48.5 Å². The largest absolute Gasteiger partial charge is 0.573 e. The van der Waals surface area contributed by atoms with Gasteiger partial charge in [-0.05, 0) is 112 Å².